The van der Waals surface area contributed by atoms with Crippen LogP contribution in [0.4, 0.5) is 0 Å². The molecular formula is C18H22N4O3. The molecule has 0 bridgehead atoms. The summed E-state index contributed by atoms with van der Waals surface area (Å²) >= 11 is 0. The summed E-state index contributed by atoms with van der Waals surface area (Å²) in [6.07, 6.45) is 2.45. The summed E-state index contributed by atoms with van der Waals surface area (Å²) in [6, 6.07) is 7.97. The van der Waals surface area contributed by atoms with Gasteiger partial charge in [-0.3, -0.25) is 14.5 Å². The van der Waals surface area contributed by atoms with Crippen LogP contribution < -0.4 is 5.32 Å². The van der Waals surface area contributed by atoms with E-state index in [-0.39, 0.29) is 18.2 Å². The minimum atomic E-state index is 0.0566. The highest BCUT2D eigenvalue weighted by molar-refractivity contribution is 5.86. The van der Waals surface area contributed by atoms with Crippen molar-refractivity contribution in [3.63, 3.8) is 0 Å². The van der Waals surface area contributed by atoms with Crippen molar-refractivity contribution in [3.05, 3.63) is 30.0 Å². The average Bonchev–Trinajstić information content (AvgIpc) is 3.34. The molecule has 1 saturated heterocycles. The number of carbonyl (C=O) groups is 2. The zero-order chi connectivity index (χ0) is 17.2. The Morgan fingerprint density at radius 3 is 2.68 bits per heavy atom. The lowest BCUT2D eigenvalue weighted by Crippen LogP contribution is -2.51. The number of hydrogen-bond acceptors (Lipinski definition) is 5. The molecule has 0 radical (unpaired) electrons. The lowest BCUT2D eigenvalue weighted by molar-refractivity contribution is -0.132. The first kappa shape index (κ1) is 16.1. The molecule has 1 aromatic heterocycles. The van der Waals surface area contributed by atoms with Crippen LogP contribution in [0.15, 0.2) is 28.8 Å². The summed E-state index contributed by atoms with van der Waals surface area (Å²) in [7, 11) is 0. The van der Waals surface area contributed by atoms with E-state index in [0.29, 0.717) is 37.0 Å². The van der Waals surface area contributed by atoms with Crippen LogP contribution in [0.5, 0.6) is 0 Å². The number of carbonyl (C=O) groups excluding carboxylic acids is 2. The summed E-state index contributed by atoms with van der Waals surface area (Å²) in [4.78, 5) is 28.3. The minimum Gasteiger partial charge on any atom is -0.356 e. The summed E-state index contributed by atoms with van der Waals surface area (Å²) in [5.74, 6) is 0.150. The van der Waals surface area contributed by atoms with Crippen molar-refractivity contribution >= 4 is 22.8 Å². The van der Waals surface area contributed by atoms with Gasteiger partial charge in [0.25, 0.3) is 0 Å². The van der Waals surface area contributed by atoms with Gasteiger partial charge in [-0.2, -0.15) is 0 Å². The van der Waals surface area contributed by atoms with Crippen molar-refractivity contribution in [2.45, 2.75) is 25.3 Å². The number of amides is 2. The second-order valence-corrected chi connectivity index (χ2v) is 6.80. The van der Waals surface area contributed by atoms with Gasteiger partial charge in [-0.15, -0.1) is 0 Å². The molecule has 7 nitrogen and oxygen atoms in total. The third-order valence-corrected chi connectivity index (χ3v) is 4.81. The van der Waals surface area contributed by atoms with E-state index in [1.165, 1.54) is 0 Å². The number of aromatic nitrogens is 1. The Morgan fingerprint density at radius 1 is 1.16 bits per heavy atom. The molecule has 2 amide bonds. The van der Waals surface area contributed by atoms with Crippen LogP contribution in [0.25, 0.3) is 11.0 Å². The molecule has 2 heterocycles. The van der Waals surface area contributed by atoms with E-state index >= 15 is 0 Å². The number of fused-ring (bicyclic) bond motifs is 1. The maximum atomic E-state index is 12.5. The molecule has 2 fully saturated rings. The first-order valence-electron chi connectivity index (χ1n) is 8.82. The van der Waals surface area contributed by atoms with Crippen molar-refractivity contribution in [2.24, 2.45) is 0 Å². The SMILES string of the molecule is O=C(CN1CCN(C(=O)Cc2noc3ccccc23)CC1)NC1CC1. The molecule has 0 unspecified atom stereocenters. The van der Waals surface area contributed by atoms with Crippen molar-refractivity contribution in [1.82, 2.24) is 20.3 Å². The van der Waals surface area contributed by atoms with Gasteiger partial charge in [0, 0.05) is 37.6 Å². The Morgan fingerprint density at radius 2 is 1.92 bits per heavy atom. The Balaban J connectivity index is 1.28. The Labute approximate surface area is 145 Å². The fraction of sp³-hybridized carbons (Fsp3) is 0.500. The van der Waals surface area contributed by atoms with Gasteiger partial charge >= 0.3 is 0 Å². The van der Waals surface area contributed by atoms with Crippen LogP contribution >= 0.6 is 0 Å². The van der Waals surface area contributed by atoms with Crippen molar-refractivity contribution in [2.75, 3.05) is 32.7 Å². The molecule has 1 aliphatic carbocycles. The number of nitrogens with zero attached hydrogens (tertiary/aromatic N) is 3. The van der Waals surface area contributed by atoms with Gasteiger partial charge in [0.05, 0.1) is 13.0 Å². The first-order chi connectivity index (χ1) is 12.2. The highest BCUT2D eigenvalue weighted by Gasteiger charge is 2.26. The minimum absolute atomic E-state index is 0.0566. The molecule has 4 rings (SSSR count). The smallest absolute Gasteiger partial charge is 0.234 e. The summed E-state index contributed by atoms with van der Waals surface area (Å²) < 4.78 is 5.26. The predicted molar refractivity (Wildman–Crippen MR) is 91.9 cm³/mol. The van der Waals surface area contributed by atoms with Crippen LogP contribution in [-0.4, -0.2) is 65.5 Å². The number of nitrogens with one attached hydrogen (secondary N) is 1. The molecule has 2 aromatic rings. The average molecular weight is 342 g/mol. The summed E-state index contributed by atoms with van der Waals surface area (Å²) in [5.41, 5.74) is 1.39. The fourth-order valence-corrected chi connectivity index (χ4v) is 3.18. The van der Waals surface area contributed by atoms with E-state index in [1.807, 2.05) is 29.2 Å². The van der Waals surface area contributed by atoms with Crippen LogP contribution in [0.1, 0.15) is 18.5 Å². The number of rotatable bonds is 5. The second-order valence-electron chi connectivity index (χ2n) is 6.80. The van der Waals surface area contributed by atoms with Gasteiger partial charge in [-0.1, -0.05) is 17.3 Å². The topological polar surface area (TPSA) is 78.7 Å². The number of hydrogen-bond donors (Lipinski definition) is 1. The molecule has 2 aliphatic rings. The molecule has 1 N–H and O–H groups in total. The van der Waals surface area contributed by atoms with Crippen molar-refractivity contribution in [3.8, 4) is 0 Å². The maximum absolute atomic E-state index is 12.5. The Bertz CT molecular complexity index is 775. The Kier molecular flexibility index (Phi) is 4.40. The quantitative estimate of drug-likeness (QED) is 0.869. The normalized spacial score (nSPS) is 18.5. The standard InChI is InChI=1S/C18H22N4O3/c23-17(19-13-5-6-13)12-21-7-9-22(10-8-21)18(24)11-15-14-3-1-2-4-16(14)25-20-15/h1-4,13H,5-12H2,(H,19,23). The van der Waals surface area contributed by atoms with Gasteiger partial charge in [0.15, 0.2) is 5.58 Å². The van der Waals surface area contributed by atoms with E-state index in [4.69, 9.17) is 4.52 Å². The highest BCUT2D eigenvalue weighted by atomic mass is 16.5. The zero-order valence-electron chi connectivity index (χ0n) is 14.1. The van der Waals surface area contributed by atoms with E-state index in [2.05, 4.69) is 15.4 Å². The molecule has 1 aromatic carbocycles. The molecule has 132 valence electrons. The summed E-state index contributed by atoms with van der Waals surface area (Å²) in [5, 5.41) is 7.93. The summed E-state index contributed by atoms with van der Waals surface area (Å²) in [6.45, 7) is 3.16. The zero-order valence-corrected chi connectivity index (χ0v) is 14.1. The molecule has 0 spiro atoms. The third kappa shape index (κ3) is 3.82. The van der Waals surface area contributed by atoms with Crippen LogP contribution in [0.2, 0.25) is 0 Å². The highest BCUT2D eigenvalue weighted by Crippen LogP contribution is 2.19. The molecule has 1 aliphatic heterocycles. The van der Waals surface area contributed by atoms with E-state index in [0.717, 1.165) is 31.3 Å². The van der Waals surface area contributed by atoms with Crippen molar-refractivity contribution in [1.29, 1.82) is 0 Å². The van der Waals surface area contributed by atoms with E-state index in [9.17, 15) is 9.59 Å². The van der Waals surface area contributed by atoms with Gasteiger partial charge in [0.2, 0.25) is 11.8 Å². The Hall–Kier alpha value is -2.41. The fourth-order valence-electron chi connectivity index (χ4n) is 3.18. The van der Waals surface area contributed by atoms with Gasteiger partial charge < -0.3 is 14.7 Å². The van der Waals surface area contributed by atoms with Crippen LogP contribution in [0, 0.1) is 0 Å². The number of piperazine rings is 1. The number of para-hydroxylation sites is 1. The number of benzene rings is 1. The van der Waals surface area contributed by atoms with Crippen LogP contribution in [-0.2, 0) is 16.0 Å². The molecule has 7 heteroatoms. The van der Waals surface area contributed by atoms with Crippen molar-refractivity contribution < 1.29 is 14.1 Å². The largest absolute Gasteiger partial charge is 0.356 e. The molecule has 0 atom stereocenters. The maximum Gasteiger partial charge on any atom is 0.234 e. The molecular weight excluding hydrogens is 320 g/mol. The molecule has 25 heavy (non-hydrogen) atoms. The first-order valence-corrected chi connectivity index (χ1v) is 8.82. The molecule has 1 saturated carbocycles. The predicted octanol–water partition coefficient (Wildman–Crippen LogP) is 0.793. The lowest BCUT2D eigenvalue weighted by atomic mass is 10.1. The van der Waals surface area contributed by atoms with Gasteiger partial charge in [0.1, 0.15) is 5.69 Å². The monoisotopic (exact) mass is 342 g/mol. The van der Waals surface area contributed by atoms with E-state index in [1.54, 1.807) is 0 Å². The van der Waals surface area contributed by atoms with Gasteiger partial charge in [-0.05, 0) is 25.0 Å². The third-order valence-electron chi connectivity index (χ3n) is 4.81. The van der Waals surface area contributed by atoms with E-state index < -0.39 is 0 Å². The second kappa shape index (κ2) is 6.84. The lowest BCUT2D eigenvalue weighted by Gasteiger charge is -2.34. The van der Waals surface area contributed by atoms with Crippen LogP contribution in [0.3, 0.4) is 0 Å². The van der Waals surface area contributed by atoms with Gasteiger partial charge in [-0.25, -0.2) is 0 Å².